The lowest BCUT2D eigenvalue weighted by Crippen LogP contribution is -1.89. The monoisotopic (exact) mass is 232 g/mol. The van der Waals surface area contributed by atoms with Crippen molar-refractivity contribution in [3.8, 4) is 11.8 Å². The molecule has 0 spiro atoms. The topological polar surface area (TPSA) is 34.1 Å². The highest BCUT2D eigenvalue weighted by Gasteiger charge is 1.98. The number of carbonyl (C=O) groups excluding carboxylic acids is 2. The van der Waals surface area contributed by atoms with E-state index >= 15 is 0 Å². The van der Waals surface area contributed by atoms with Gasteiger partial charge in [0.1, 0.15) is 0 Å². The average molecular weight is 232 g/mol. The fraction of sp³-hybridized carbons (Fsp3) is 0.231. The Balaban J connectivity index is 2.82. The molecule has 1 aromatic carbocycles. The van der Waals surface area contributed by atoms with Crippen molar-refractivity contribution in [3.05, 3.63) is 34.9 Å². The molecule has 0 aliphatic rings. The Hall–Kier alpha value is -1.53. The standard InChI is InChI=1S/C13H12O2S/c1-10-5-6-13(9-14)12(8-10)4-3-7-16-11(2)15/h5-6,8-9H,7H2,1-2H3. The average Bonchev–Trinajstić information content (AvgIpc) is 2.24. The van der Waals surface area contributed by atoms with Crippen molar-refractivity contribution in [1.82, 2.24) is 0 Å². The number of hydrogen-bond donors (Lipinski definition) is 0. The molecule has 0 saturated heterocycles. The Labute approximate surface area is 99.4 Å². The summed E-state index contributed by atoms with van der Waals surface area (Å²) >= 11 is 1.17. The van der Waals surface area contributed by atoms with Crippen LogP contribution in [0.3, 0.4) is 0 Å². The molecule has 0 aromatic heterocycles. The van der Waals surface area contributed by atoms with Crippen molar-refractivity contribution < 1.29 is 9.59 Å². The highest BCUT2D eigenvalue weighted by atomic mass is 32.2. The van der Waals surface area contributed by atoms with Crippen LogP contribution in [0.1, 0.15) is 28.4 Å². The Kier molecular flexibility index (Phi) is 4.81. The molecule has 1 aromatic rings. The molecule has 0 aliphatic carbocycles. The molecule has 0 atom stereocenters. The van der Waals surface area contributed by atoms with Crippen molar-refractivity contribution in [2.75, 3.05) is 5.75 Å². The number of carbonyl (C=O) groups is 2. The third-order valence-electron chi connectivity index (χ3n) is 1.91. The van der Waals surface area contributed by atoms with Gasteiger partial charge < -0.3 is 0 Å². The molecule has 2 nitrogen and oxygen atoms in total. The molecule has 0 aliphatic heterocycles. The van der Waals surface area contributed by atoms with Gasteiger partial charge in [0.2, 0.25) is 0 Å². The summed E-state index contributed by atoms with van der Waals surface area (Å²) in [7, 11) is 0. The minimum atomic E-state index is 0.0501. The van der Waals surface area contributed by atoms with Gasteiger partial charge in [-0.25, -0.2) is 0 Å². The van der Waals surface area contributed by atoms with Crippen molar-refractivity contribution in [2.24, 2.45) is 0 Å². The molecule has 16 heavy (non-hydrogen) atoms. The van der Waals surface area contributed by atoms with E-state index in [0.717, 1.165) is 17.4 Å². The Morgan fingerprint density at radius 1 is 1.50 bits per heavy atom. The maximum Gasteiger partial charge on any atom is 0.186 e. The first-order chi connectivity index (χ1) is 7.63. The van der Waals surface area contributed by atoms with E-state index in [-0.39, 0.29) is 5.12 Å². The minimum Gasteiger partial charge on any atom is -0.298 e. The number of thioether (sulfide) groups is 1. The van der Waals surface area contributed by atoms with E-state index in [0.29, 0.717) is 11.3 Å². The normalized spacial score (nSPS) is 9.12. The number of hydrogen-bond acceptors (Lipinski definition) is 3. The highest BCUT2D eigenvalue weighted by molar-refractivity contribution is 8.13. The van der Waals surface area contributed by atoms with Gasteiger partial charge in [0, 0.05) is 18.1 Å². The molecule has 0 radical (unpaired) electrons. The molecule has 3 heteroatoms. The van der Waals surface area contributed by atoms with Crippen molar-refractivity contribution in [1.29, 1.82) is 0 Å². The van der Waals surface area contributed by atoms with Gasteiger partial charge in [0.15, 0.2) is 11.4 Å². The SMILES string of the molecule is CC(=O)SCC#Cc1cc(C)ccc1C=O. The summed E-state index contributed by atoms with van der Waals surface area (Å²) in [6.07, 6.45) is 0.793. The van der Waals surface area contributed by atoms with Crippen molar-refractivity contribution in [3.63, 3.8) is 0 Å². The number of aryl methyl sites for hydroxylation is 1. The second kappa shape index (κ2) is 6.14. The van der Waals surface area contributed by atoms with Crippen LogP contribution in [0, 0.1) is 18.8 Å². The Morgan fingerprint density at radius 3 is 2.88 bits per heavy atom. The lowest BCUT2D eigenvalue weighted by atomic mass is 10.1. The van der Waals surface area contributed by atoms with Crippen LogP contribution in [0.5, 0.6) is 0 Å². The first-order valence-corrected chi connectivity index (χ1v) is 5.80. The van der Waals surface area contributed by atoms with Crippen LogP contribution in [0.4, 0.5) is 0 Å². The maximum absolute atomic E-state index is 10.8. The molecule has 0 unspecified atom stereocenters. The Bertz CT molecular complexity index is 467. The van der Waals surface area contributed by atoms with E-state index < -0.39 is 0 Å². The first-order valence-electron chi connectivity index (χ1n) is 4.81. The van der Waals surface area contributed by atoms with Crippen molar-refractivity contribution >= 4 is 23.2 Å². The van der Waals surface area contributed by atoms with Crippen LogP contribution in [-0.4, -0.2) is 17.2 Å². The van der Waals surface area contributed by atoms with Gasteiger partial charge in [0.05, 0.1) is 5.75 Å². The van der Waals surface area contributed by atoms with Gasteiger partial charge in [-0.15, -0.1) is 0 Å². The van der Waals surface area contributed by atoms with Gasteiger partial charge in [-0.1, -0.05) is 35.7 Å². The zero-order valence-electron chi connectivity index (χ0n) is 9.24. The van der Waals surface area contributed by atoms with Crippen LogP contribution < -0.4 is 0 Å². The second-order valence-electron chi connectivity index (χ2n) is 3.29. The molecular weight excluding hydrogens is 220 g/mol. The summed E-state index contributed by atoms with van der Waals surface area (Å²) in [5, 5.41) is 0.0501. The quantitative estimate of drug-likeness (QED) is 0.580. The lowest BCUT2D eigenvalue weighted by molar-refractivity contribution is -0.109. The van der Waals surface area contributed by atoms with E-state index in [1.54, 1.807) is 6.07 Å². The molecule has 1 rings (SSSR count). The van der Waals surface area contributed by atoms with Crippen LogP contribution in [0.25, 0.3) is 0 Å². The fourth-order valence-electron chi connectivity index (χ4n) is 1.15. The van der Waals surface area contributed by atoms with Gasteiger partial charge >= 0.3 is 0 Å². The minimum absolute atomic E-state index is 0.0501. The molecule has 0 amide bonds. The van der Waals surface area contributed by atoms with Crippen LogP contribution in [0.15, 0.2) is 18.2 Å². The predicted molar refractivity (Wildman–Crippen MR) is 66.6 cm³/mol. The fourth-order valence-corrected chi connectivity index (χ4v) is 1.50. The molecule has 0 heterocycles. The molecule has 82 valence electrons. The first kappa shape index (κ1) is 12.5. The molecule has 0 saturated carbocycles. The summed E-state index contributed by atoms with van der Waals surface area (Å²) in [6, 6.07) is 5.50. The van der Waals surface area contributed by atoms with E-state index in [1.807, 2.05) is 19.1 Å². The highest BCUT2D eigenvalue weighted by Crippen LogP contribution is 2.08. The van der Waals surface area contributed by atoms with Crippen LogP contribution in [-0.2, 0) is 4.79 Å². The van der Waals surface area contributed by atoms with Gasteiger partial charge in [-0.3, -0.25) is 9.59 Å². The Morgan fingerprint density at radius 2 is 2.25 bits per heavy atom. The predicted octanol–water partition coefficient (Wildman–Crippen LogP) is 2.44. The number of rotatable bonds is 2. The van der Waals surface area contributed by atoms with E-state index in [2.05, 4.69) is 11.8 Å². The summed E-state index contributed by atoms with van der Waals surface area (Å²) in [5.41, 5.74) is 2.37. The molecule has 0 bridgehead atoms. The summed E-state index contributed by atoms with van der Waals surface area (Å²) in [6.45, 7) is 3.46. The molecular formula is C13H12O2S. The van der Waals surface area contributed by atoms with Gasteiger partial charge in [0.25, 0.3) is 0 Å². The largest absolute Gasteiger partial charge is 0.298 e. The number of benzene rings is 1. The third-order valence-corrected chi connectivity index (χ3v) is 2.60. The lowest BCUT2D eigenvalue weighted by Gasteiger charge is -1.97. The number of aldehydes is 1. The van der Waals surface area contributed by atoms with E-state index in [9.17, 15) is 9.59 Å². The zero-order valence-corrected chi connectivity index (χ0v) is 10.1. The second-order valence-corrected chi connectivity index (χ2v) is 4.44. The van der Waals surface area contributed by atoms with Crippen LogP contribution >= 0.6 is 11.8 Å². The van der Waals surface area contributed by atoms with E-state index in [1.165, 1.54) is 18.7 Å². The van der Waals surface area contributed by atoms with Gasteiger partial charge in [-0.2, -0.15) is 0 Å². The smallest absolute Gasteiger partial charge is 0.186 e. The maximum atomic E-state index is 10.8. The third kappa shape index (κ3) is 3.92. The zero-order chi connectivity index (χ0) is 12.0. The van der Waals surface area contributed by atoms with E-state index in [4.69, 9.17) is 0 Å². The molecule has 0 N–H and O–H groups in total. The van der Waals surface area contributed by atoms with Crippen molar-refractivity contribution in [2.45, 2.75) is 13.8 Å². The molecule has 0 fully saturated rings. The summed E-state index contributed by atoms with van der Waals surface area (Å²) in [5.74, 6) is 6.23. The summed E-state index contributed by atoms with van der Waals surface area (Å²) in [4.78, 5) is 21.4. The van der Waals surface area contributed by atoms with Crippen LogP contribution in [0.2, 0.25) is 0 Å². The summed E-state index contributed by atoms with van der Waals surface area (Å²) < 4.78 is 0. The van der Waals surface area contributed by atoms with Gasteiger partial charge in [-0.05, 0) is 18.6 Å².